The minimum Gasteiger partial charge on any atom is -0.361 e. The Morgan fingerprint density at radius 2 is 1.87 bits per heavy atom. The van der Waals surface area contributed by atoms with Gasteiger partial charge in [-0.05, 0) is 43.3 Å². The van der Waals surface area contributed by atoms with Crippen molar-refractivity contribution in [3.05, 3.63) is 69.7 Å². The van der Waals surface area contributed by atoms with Crippen LogP contribution in [0.1, 0.15) is 18.1 Å². The van der Waals surface area contributed by atoms with Crippen LogP contribution < -0.4 is 10.7 Å². The molecule has 2 aromatic carbocycles. The third-order valence-electron chi connectivity index (χ3n) is 3.19. The van der Waals surface area contributed by atoms with Gasteiger partial charge in [0, 0.05) is 17.1 Å². The normalized spacial score (nSPS) is 11.2. The van der Waals surface area contributed by atoms with Crippen LogP contribution in [0, 0.1) is 0 Å². The molecule has 0 aromatic heterocycles. The summed E-state index contributed by atoms with van der Waals surface area (Å²) in [5.41, 5.74) is 5.64. The van der Waals surface area contributed by atoms with Crippen LogP contribution in [-0.4, -0.2) is 17.4 Å². The van der Waals surface area contributed by atoms with E-state index in [-0.39, 0.29) is 0 Å². The van der Waals surface area contributed by atoms with Gasteiger partial charge in [-0.1, -0.05) is 59.6 Å². The lowest BCUT2D eigenvalue weighted by Gasteiger charge is -2.09. The third kappa shape index (κ3) is 5.82. The highest BCUT2D eigenvalue weighted by Crippen LogP contribution is 2.21. The van der Waals surface area contributed by atoms with E-state index in [2.05, 4.69) is 28.0 Å². The summed E-state index contributed by atoms with van der Waals surface area (Å²) in [6.07, 6.45) is 0.897. The molecule has 0 saturated heterocycles. The van der Waals surface area contributed by atoms with Crippen LogP contribution in [0.5, 0.6) is 0 Å². The highest BCUT2D eigenvalue weighted by Gasteiger charge is 2.05. The first-order valence-corrected chi connectivity index (χ1v) is 8.30. The molecule has 0 atom stereocenters. The van der Waals surface area contributed by atoms with Gasteiger partial charge in [-0.3, -0.25) is 5.43 Å². The Kier molecular flexibility index (Phi) is 6.84. The van der Waals surface area contributed by atoms with Crippen molar-refractivity contribution in [3.63, 3.8) is 0 Å². The number of nitrogens with one attached hydrogen (secondary N) is 2. The molecule has 0 saturated carbocycles. The number of hydrazone groups is 1. The van der Waals surface area contributed by atoms with E-state index < -0.39 is 0 Å². The van der Waals surface area contributed by atoms with E-state index in [1.54, 1.807) is 12.1 Å². The van der Waals surface area contributed by atoms with Crippen molar-refractivity contribution < 1.29 is 0 Å². The van der Waals surface area contributed by atoms with Crippen LogP contribution in [0.4, 0.5) is 0 Å². The molecule has 0 radical (unpaired) electrons. The summed E-state index contributed by atoms with van der Waals surface area (Å²) in [4.78, 5) is 0. The summed E-state index contributed by atoms with van der Waals surface area (Å²) in [5.74, 6) is 0. The van der Waals surface area contributed by atoms with Gasteiger partial charge in [-0.15, -0.1) is 0 Å². The Morgan fingerprint density at radius 3 is 2.57 bits per heavy atom. The Labute approximate surface area is 151 Å². The Bertz CT molecular complexity index is 702. The zero-order chi connectivity index (χ0) is 16.7. The molecule has 0 fully saturated rings. The maximum atomic E-state index is 6.15. The number of thiocarbonyl (C=S) groups is 1. The standard InChI is InChI=1S/C17H17Cl2N3S/c1-12(15-8-7-14(18)11-16(15)19)21-22-17(23)20-10-9-13-5-3-2-4-6-13/h2-8,11H,9-10H2,1H3,(H2,20,22,23)/b21-12+. The number of nitrogens with zero attached hydrogens (tertiary/aromatic N) is 1. The molecular weight excluding hydrogens is 349 g/mol. The second kappa shape index (κ2) is 8.87. The van der Waals surface area contributed by atoms with Crippen LogP contribution in [0.3, 0.4) is 0 Å². The predicted molar refractivity (Wildman–Crippen MR) is 103 cm³/mol. The first-order chi connectivity index (χ1) is 11.1. The lowest BCUT2D eigenvalue weighted by Crippen LogP contribution is -2.34. The minimum atomic E-state index is 0.477. The van der Waals surface area contributed by atoms with Crippen molar-refractivity contribution in [3.8, 4) is 0 Å². The summed E-state index contributed by atoms with van der Waals surface area (Å²) in [5, 5.41) is 9.00. The lowest BCUT2D eigenvalue weighted by molar-refractivity contribution is 0.836. The van der Waals surface area contributed by atoms with Crippen molar-refractivity contribution in [1.29, 1.82) is 0 Å². The Morgan fingerprint density at radius 1 is 1.13 bits per heavy atom. The molecule has 0 bridgehead atoms. The van der Waals surface area contributed by atoms with Gasteiger partial charge < -0.3 is 5.32 Å². The first kappa shape index (κ1) is 17.7. The number of rotatable bonds is 5. The fraction of sp³-hybridized carbons (Fsp3) is 0.176. The molecule has 0 heterocycles. The van der Waals surface area contributed by atoms with Gasteiger partial charge >= 0.3 is 0 Å². The van der Waals surface area contributed by atoms with Crippen molar-refractivity contribution in [2.24, 2.45) is 5.10 Å². The zero-order valence-corrected chi connectivity index (χ0v) is 15.0. The second-order valence-corrected chi connectivity index (χ2v) is 6.18. The second-order valence-electron chi connectivity index (χ2n) is 4.92. The number of halogens is 2. The molecule has 0 aliphatic rings. The van der Waals surface area contributed by atoms with Crippen LogP contribution in [-0.2, 0) is 6.42 Å². The summed E-state index contributed by atoms with van der Waals surface area (Å²) < 4.78 is 0. The van der Waals surface area contributed by atoms with E-state index in [4.69, 9.17) is 35.4 Å². The molecule has 2 N–H and O–H groups in total. The molecule has 0 spiro atoms. The molecule has 0 unspecified atom stereocenters. The molecule has 120 valence electrons. The molecule has 0 aliphatic carbocycles. The fourth-order valence-electron chi connectivity index (χ4n) is 1.98. The average molecular weight is 366 g/mol. The molecule has 3 nitrogen and oxygen atoms in total. The molecule has 2 aromatic rings. The van der Waals surface area contributed by atoms with Gasteiger partial charge in [0.05, 0.1) is 10.7 Å². The predicted octanol–water partition coefficient (Wildman–Crippen LogP) is 4.42. The number of benzene rings is 2. The number of hydrogen-bond acceptors (Lipinski definition) is 2. The van der Waals surface area contributed by atoms with Crippen LogP contribution >= 0.6 is 35.4 Å². The first-order valence-electron chi connectivity index (χ1n) is 7.14. The van der Waals surface area contributed by atoms with E-state index >= 15 is 0 Å². The SMILES string of the molecule is C/C(=N\NC(=S)NCCc1ccccc1)c1ccc(Cl)cc1Cl. The summed E-state index contributed by atoms with van der Waals surface area (Å²) in [6.45, 7) is 2.60. The molecule has 0 amide bonds. The van der Waals surface area contributed by atoms with Crippen LogP contribution in [0.15, 0.2) is 53.6 Å². The maximum Gasteiger partial charge on any atom is 0.186 e. The van der Waals surface area contributed by atoms with Gasteiger partial charge in [-0.2, -0.15) is 5.10 Å². The van der Waals surface area contributed by atoms with Gasteiger partial charge in [0.2, 0.25) is 0 Å². The monoisotopic (exact) mass is 365 g/mol. The Hall–Kier alpha value is -1.62. The van der Waals surface area contributed by atoms with Gasteiger partial charge in [0.25, 0.3) is 0 Å². The zero-order valence-electron chi connectivity index (χ0n) is 12.6. The number of hydrogen-bond donors (Lipinski definition) is 2. The fourth-order valence-corrected chi connectivity index (χ4v) is 2.68. The highest BCUT2D eigenvalue weighted by molar-refractivity contribution is 7.80. The average Bonchev–Trinajstić information content (AvgIpc) is 2.53. The largest absolute Gasteiger partial charge is 0.361 e. The summed E-state index contributed by atoms with van der Waals surface area (Å²) in [6, 6.07) is 15.5. The van der Waals surface area contributed by atoms with Gasteiger partial charge in [-0.25, -0.2) is 0 Å². The molecule has 0 aliphatic heterocycles. The molecule has 6 heteroatoms. The van der Waals surface area contributed by atoms with Crippen molar-refractivity contribution in [2.75, 3.05) is 6.54 Å². The molecule has 2 rings (SSSR count). The van der Waals surface area contributed by atoms with Crippen molar-refractivity contribution >= 4 is 46.2 Å². The Balaban J connectivity index is 1.83. The van der Waals surface area contributed by atoms with Crippen LogP contribution in [0.25, 0.3) is 0 Å². The highest BCUT2D eigenvalue weighted by atomic mass is 35.5. The summed E-state index contributed by atoms with van der Waals surface area (Å²) in [7, 11) is 0. The van der Waals surface area contributed by atoms with E-state index in [1.165, 1.54) is 5.56 Å². The third-order valence-corrected chi connectivity index (χ3v) is 3.97. The van der Waals surface area contributed by atoms with Gasteiger partial charge in [0.1, 0.15) is 0 Å². The van der Waals surface area contributed by atoms with E-state index in [9.17, 15) is 0 Å². The lowest BCUT2D eigenvalue weighted by atomic mass is 10.1. The summed E-state index contributed by atoms with van der Waals surface area (Å²) >= 11 is 17.2. The van der Waals surface area contributed by atoms with Crippen molar-refractivity contribution in [2.45, 2.75) is 13.3 Å². The molecule has 23 heavy (non-hydrogen) atoms. The molecular formula is C17H17Cl2N3S. The van der Waals surface area contributed by atoms with Crippen LogP contribution in [0.2, 0.25) is 10.0 Å². The van der Waals surface area contributed by atoms with Gasteiger partial charge in [0.15, 0.2) is 5.11 Å². The van der Waals surface area contributed by atoms with E-state index in [0.29, 0.717) is 15.2 Å². The van der Waals surface area contributed by atoms with E-state index in [1.807, 2.05) is 31.2 Å². The maximum absolute atomic E-state index is 6.15. The quantitative estimate of drug-likeness (QED) is 0.467. The minimum absolute atomic E-state index is 0.477. The van der Waals surface area contributed by atoms with Crippen molar-refractivity contribution in [1.82, 2.24) is 10.7 Å². The topological polar surface area (TPSA) is 36.4 Å². The van der Waals surface area contributed by atoms with E-state index in [0.717, 1.165) is 24.2 Å². The smallest absolute Gasteiger partial charge is 0.186 e.